The van der Waals surface area contributed by atoms with E-state index < -0.39 is 5.97 Å². The van der Waals surface area contributed by atoms with E-state index in [4.69, 9.17) is 14.2 Å². The van der Waals surface area contributed by atoms with Gasteiger partial charge in [0, 0.05) is 10.6 Å². The molecule has 0 unspecified atom stereocenters. The lowest BCUT2D eigenvalue weighted by molar-refractivity contribution is -0.145. The van der Waals surface area contributed by atoms with Crippen molar-refractivity contribution in [2.24, 2.45) is 0 Å². The zero-order chi connectivity index (χ0) is 21.2. The number of anilines is 1. The lowest BCUT2D eigenvalue weighted by atomic mass is 10.1. The molecule has 29 heavy (non-hydrogen) atoms. The molecule has 0 bridgehead atoms. The molecule has 0 saturated heterocycles. The van der Waals surface area contributed by atoms with Crippen molar-refractivity contribution < 1.29 is 28.6 Å². The molecule has 0 fully saturated rings. The van der Waals surface area contributed by atoms with Gasteiger partial charge in [0.15, 0.2) is 5.78 Å². The lowest BCUT2D eigenvalue weighted by Gasteiger charge is -2.13. The highest BCUT2D eigenvalue weighted by atomic mass is 32.2. The van der Waals surface area contributed by atoms with Gasteiger partial charge in [-0.05, 0) is 37.3 Å². The van der Waals surface area contributed by atoms with Gasteiger partial charge < -0.3 is 19.5 Å². The molecule has 2 aromatic carbocycles. The van der Waals surface area contributed by atoms with Crippen LogP contribution in [0, 0.1) is 0 Å². The Labute approximate surface area is 173 Å². The number of Topliss-reactive ketones (excluding diaryl/α,β-unsaturated/α-hetero) is 1. The number of amides is 1. The van der Waals surface area contributed by atoms with Gasteiger partial charge in [-0.3, -0.25) is 14.4 Å². The number of benzene rings is 2. The molecule has 0 aliphatic carbocycles. The van der Waals surface area contributed by atoms with Crippen LogP contribution < -0.4 is 14.8 Å². The maximum atomic E-state index is 12.8. The van der Waals surface area contributed by atoms with E-state index in [2.05, 4.69) is 5.32 Å². The van der Waals surface area contributed by atoms with Gasteiger partial charge in [0.1, 0.15) is 23.5 Å². The van der Waals surface area contributed by atoms with E-state index in [1.54, 1.807) is 43.3 Å². The Morgan fingerprint density at radius 3 is 2.28 bits per heavy atom. The Morgan fingerprint density at radius 2 is 1.66 bits per heavy atom. The maximum absolute atomic E-state index is 12.8. The van der Waals surface area contributed by atoms with Crippen LogP contribution in [0.4, 0.5) is 5.69 Å². The Bertz CT molecular complexity index is 861. The minimum atomic E-state index is -0.523. The number of ketones is 1. The van der Waals surface area contributed by atoms with Gasteiger partial charge in [-0.25, -0.2) is 0 Å². The summed E-state index contributed by atoms with van der Waals surface area (Å²) in [5.74, 6) is -0.184. The van der Waals surface area contributed by atoms with Gasteiger partial charge in [-0.1, -0.05) is 12.1 Å². The molecular formula is C21H23NO6S. The molecule has 0 saturated carbocycles. The van der Waals surface area contributed by atoms with Crippen LogP contribution in [0.15, 0.2) is 47.4 Å². The Balaban J connectivity index is 2.04. The van der Waals surface area contributed by atoms with Crippen LogP contribution in [0.2, 0.25) is 0 Å². The Kier molecular flexibility index (Phi) is 8.54. The molecule has 0 aromatic heterocycles. The summed E-state index contributed by atoms with van der Waals surface area (Å²) in [5.41, 5.74) is 0.853. The van der Waals surface area contributed by atoms with E-state index >= 15 is 0 Å². The van der Waals surface area contributed by atoms with E-state index in [0.29, 0.717) is 22.7 Å². The smallest absolute Gasteiger partial charge is 0.313 e. The summed E-state index contributed by atoms with van der Waals surface area (Å²) in [6, 6.07) is 12.2. The van der Waals surface area contributed by atoms with Gasteiger partial charge in [-0.15, -0.1) is 11.8 Å². The number of methoxy groups -OCH3 is 2. The van der Waals surface area contributed by atoms with Crippen molar-refractivity contribution in [1.82, 2.24) is 0 Å². The number of thioether (sulfide) groups is 1. The second-order valence-electron chi connectivity index (χ2n) is 5.83. The molecule has 1 amide bonds. The topological polar surface area (TPSA) is 90.9 Å². The highest BCUT2D eigenvalue weighted by Gasteiger charge is 2.18. The molecule has 0 atom stereocenters. The summed E-state index contributed by atoms with van der Waals surface area (Å²) in [4.78, 5) is 36.8. The summed E-state index contributed by atoms with van der Waals surface area (Å²) in [6.45, 7) is 1.94. The summed E-state index contributed by atoms with van der Waals surface area (Å²) in [7, 11) is 2.96. The highest BCUT2D eigenvalue weighted by molar-refractivity contribution is 8.00. The average Bonchev–Trinajstić information content (AvgIpc) is 2.71. The van der Waals surface area contributed by atoms with E-state index in [1.165, 1.54) is 26.0 Å². The third-order valence-corrected chi connectivity index (χ3v) is 4.85. The molecule has 1 N–H and O–H groups in total. The number of esters is 1. The first-order chi connectivity index (χ1) is 14.0. The number of nitrogens with one attached hydrogen (secondary N) is 1. The summed E-state index contributed by atoms with van der Waals surface area (Å²) in [5, 5.41) is 2.81. The Morgan fingerprint density at radius 1 is 1.00 bits per heavy atom. The predicted molar refractivity (Wildman–Crippen MR) is 111 cm³/mol. The molecule has 0 aliphatic heterocycles. The maximum Gasteiger partial charge on any atom is 0.313 e. The van der Waals surface area contributed by atoms with Crippen LogP contribution in [0.1, 0.15) is 23.7 Å². The van der Waals surface area contributed by atoms with Gasteiger partial charge in [-0.2, -0.15) is 0 Å². The summed E-state index contributed by atoms with van der Waals surface area (Å²) in [6.07, 6.45) is -0.245. The van der Waals surface area contributed by atoms with Crippen molar-refractivity contribution >= 4 is 35.1 Å². The number of hydrogen-bond donors (Lipinski definition) is 1. The largest absolute Gasteiger partial charge is 0.496 e. The van der Waals surface area contributed by atoms with Crippen molar-refractivity contribution in [2.75, 3.05) is 31.9 Å². The number of ether oxygens (including phenoxy) is 3. The quantitative estimate of drug-likeness (QED) is 0.359. The van der Waals surface area contributed by atoms with Crippen LogP contribution >= 0.6 is 11.8 Å². The fraction of sp³-hybridized carbons (Fsp3) is 0.286. The monoisotopic (exact) mass is 417 g/mol. The summed E-state index contributed by atoms with van der Waals surface area (Å²) < 4.78 is 15.3. The zero-order valence-corrected chi connectivity index (χ0v) is 17.3. The van der Waals surface area contributed by atoms with Crippen LogP contribution in [-0.4, -0.2) is 44.2 Å². The number of carbonyl (C=O) groups excluding carboxylic acids is 3. The lowest BCUT2D eigenvalue weighted by Crippen LogP contribution is -2.14. The second-order valence-corrected chi connectivity index (χ2v) is 6.88. The standard InChI is InChI=1S/C21H23NO6S/c1-4-28-19(24)12-15(23)13-29-16-8-5-7-14(11-16)22-21(25)20-17(26-2)9-6-10-18(20)27-3/h5-11H,4,12-13H2,1-3H3,(H,22,25). The molecule has 2 rings (SSSR count). The van der Waals surface area contributed by atoms with Crippen LogP contribution in [-0.2, 0) is 14.3 Å². The second kappa shape index (κ2) is 11.1. The third-order valence-electron chi connectivity index (χ3n) is 3.79. The van der Waals surface area contributed by atoms with E-state index in [1.807, 2.05) is 6.07 Å². The van der Waals surface area contributed by atoms with Crippen molar-refractivity contribution in [3.05, 3.63) is 48.0 Å². The molecule has 7 nitrogen and oxygen atoms in total. The minimum Gasteiger partial charge on any atom is -0.496 e. The SMILES string of the molecule is CCOC(=O)CC(=O)CSc1cccc(NC(=O)c2c(OC)cccc2OC)c1. The van der Waals surface area contributed by atoms with Crippen LogP contribution in [0.3, 0.4) is 0 Å². The van der Waals surface area contributed by atoms with Crippen molar-refractivity contribution in [3.8, 4) is 11.5 Å². The van der Waals surface area contributed by atoms with E-state index in [0.717, 1.165) is 4.90 Å². The number of carbonyl (C=O) groups is 3. The van der Waals surface area contributed by atoms with Crippen molar-refractivity contribution in [1.29, 1.82) is 0 Å². The minimum absolute atomic E-state index is 0.135. The first-order valence-electron chi connectivity index (χ1n) is 8.91. The summed E-state index contributed by atoms with van der Waals surface area (Å²) >= 11 is 1.28. The van der Waals surface area contributed by atoms with E-state index in [-0.39, 0.29) is 30.5 Å². The van der Waals surface area contributed by atoms with Crippen LogP contribution in [0.5, 0.6) is 11.5 Å². The molecule has 8 heteroatoms. The van der Waals surface area contributed by atoms with Crippen molar-refractivity contribution in [2.45, 2.75) is 18.2 Å². The van der Waals surface area contributed by atoms with Crippen LogP contribution in [0.25, 0.3) is 0 Å². The zero-order valence-electron chi connectivity index (χ0n) is 16.5. The number of rotatable bonds is 10. The molecule has 0 heterocycles. The van der Waals surface area contributed by atoms with Gasteiger partial charge in [0.25, 0.3) is 5.91 Å². The third kappa shape index (κ3) is 6.53. The van der Waals surface area contributed by atoms with Gasteiger partial charge in [0.2, 0.25) is 0 Å². The van der Waals surface area contributed by atoms with Gasteiger partial charge >= 0.3 is 5.97 Å². The number of hydrogen-bond acceptors (Lipinski definition) is 7. The molecule has 2 aromatic rings. The van der Waals surface area contributed by atoms with E-state index in [9.17, 15) is 14.4 Å². The first kappa shape index (κ1) is 22.3. The molecule has 0 aliphatic rings. The fourth-order valence-corrected chi connectivity index (χ4v) is 3.33. The predicted octanol–water partition coefficient (Wildman–Crippen LogP) is 3.57. The molecule has 154 valence electrons. The highest BCUT2D eigenvalue weighted by Crippen LogP contribution is 2.29. The normalized spacial score (nSPS) is 10.2. The fourth-order valence-electron chi connectivity index (χ4n) is 2.52. The van der Waals surface area contributed by atoms with Gasteiger partial charge in [0.05, 0.1) is 26.6 Å². The Hall–Kier alpha value is -3.00. The van der Waals surface area contributed by atoms with Crippen molar-refractivity contribution in [3.63, 3.8) is 0 Å². The molecule has 0 radical (unpaired) electrons. The molecular weight excluding hydrogens is 394 g/mol. The first-order valence-corrected chi connectivity index (χ1v) is 9.89. The average molecular weight is 417 g/mol. The molecule has 0 spiro atoms.